The molecule has 4 aromatic rings. The number of benzene rings is 2. The van der Waals surface area contributed by atoms with E-state index in [9.17, 15) is 19.5 Å². The van der Waals surface area contributed by atoms with Crippen LogP contribution in [0.3, 0.4) is 0 Å². The van der Waals surface area contributed by atoms with E-state index in [4.69, 9.17) is 9.47 Å². The van der Waals surface area contributed by atoms with Crippen LogP contribution in [-0.4, -0.2) is 39.9 Å². The summed E-state index contributed by atoms with van der Waals surface area (Å²) in [5.74, 6) is -0.836. The van der Waals surface area contributed by atoms with Crippen LogP contribution in [0, 0.1) is 13.8 Å². The number of carboxylic acids is 1. The van der Waals surface area contributed by atoms with E-state index >= 15 is 0 Å². The van der Waals surface area contributed by atoms with Crippen molar-refractivity contribution in [2.24, 2.45) is 4.99 Å². The molecule has 0 aliphatic carbocycles. The second-order valence-electron chi connectivity index (χ2n) is 9.59. The fourth-order valence-electron chi connectivity index (χ4n) is 5.12. The summed E-state index contributed by atoms with van der Waals surface area (Å²) in [5.41, 5.74) is 4.99. The molecule has 3 heterocycles. The Morgan fingerprint density at radius 2 is 1.76 bits per heavy atom. The number of nitrogens with zero attached hydrogens (tertiary/aromatic N) is 3. The number of carbonyl (C=O) groups excluding carboxylic acids is 1. The predicted octanol–water partition coefficient (Wildman–Crippen LogP) is 3.91. The molecule has 0 saturated carbocycles. The van der Waals surface area contributed by atoms with Gasteiger partial charge < -0.3 is 19.1 Å². The molecule has 0 bridgehead atoms. The number of hydrogen-bond donors (Lipinski definition) is 1. The van der Waals surface area contributed by atoms with Gasteiger partial charge in [-0.3, -0.25) is 9.36 Å². The minimum absolute atomic E-state index is 0.198. The molecule has 10 heteroatoms. The van der Waals surface area contributed by atoms with Crippen molar-refractivity contribution in [1.29, 1.82) is 0 Å². The first-order chi connectivity index (χ1) is 19.6. The molecule has 1 unspecified atom stereocenters. The van der Waals surface area contributed by atoms with Gasteiger partial charge in [0.15, 0.2) is 4.80 Å². The maximum Gasteiger partial charge on any atom is 0.338 e. The number of fused-ring (bicyclic) bond motifs is 1. The first kappa shape index (κ1) is 27.9. The largest absolute Gasteiger partial charge is 0.497 e. The average molecular weight is 572 g/mol. The molecule has 0 amide bonds. The van der Waals surface area contributed by atoms with Gasteiger partial charge in [-0.2, -0.15) is 0 Å². The van der Waals surface area contributed by atoms with Crippen molar-refractivity contribution >= 4 is 29.4 Å². The molecule has 0 saturated heterocycles. The molecule has 9 nitrogen and oxygen atoms in total. The molecule has 2 aromatic carbocycles. The van der Waals surface area contributed by atoms with Gasteiger partial charge in [0.25, 0.3) is 5.56 Å². The summed E-state index contributed by atoms with van der Waals surface area (Å²) in [7, 11) is 1.58. The van der Waals surface area contributed by atoms with E-state index < -0.39 is 18.0 Å². The smallest absolute Gasteiger partial charge is 0.338 e. The fourth-order valence-corrected chi connectivity index (χ4v) is 6.16. The lowest BCUT2D eigenvalue weighted by atomic mass is 9.96. The molecule has 5 rings (SSSR count). The SMILES string of the molecule is CCOC(=O)C1=C(C)N=c2sc(=Cc3cc(C)n(-c4ccc(C(=O)O)cc4)c3C)c(=O)n2C1c1ccc(OC)cc1. The van der Waals surface area contributed by atoms with Crippen LogP contribution in [-0.2, 0) is 9.53 Å². The second kappa shape index (κ2) is 11.1. The van der Waals surface area contributed by atoms with E-state index in [1.807, 2.05) is 42.7 Å². The van der Waals surface area contributed by atoms with E-state index in [1.54, 1.807) is 61.9 Å². The molecule has 1 atom stereocenters. The van der Waals surface area contributed by atoms with Gasteiger partial charge in [0.2, 0.25) is 0 Å². The maximum atomic E-state index is 14.0. The summed E-state index contributed by atoms with van der Waals surface area (Å²) in [6.07, 6.45) is 1.84. The van der Waals surface area contributed by atoms with Crippen molar-refractivity contribution in [3.05, 3.63) is 114 Å². The molecule has 0 fully saturated rings. The summed E-state index contributed by atoms with van der Waals surface area (Å²) in [6, 6.07) is 15.2. The van der Waals surface area contributed by atoms with Crippen LogP contribution in [0.2, 0.25) is 0 Å². The highest BCUT2D eigenvalue weighted by atomic mass is 32.1. The number of aryl methyl sites for hydroxylation is 1. The Morgan fingerprint density at radius 3 is 2.37 bits per heavy atom. The highest BCUT2D eigenvalue weighted by Gasteiger charge is 2.33. The quantitative estimate of drug-likeness (QED) is 0.337. The van der Waals surface area contributed by atoms with E-state index in [-0.39, 0.29) is 17.7 Å². The number of carboxylic acid groups (broad SMARTS) is 1. The summed E-state index contributed by atoms with van der Waals surface area (Å²) < 4.78 is 14.7. The molecular formula is C31H29N3O6S. The van der Waals surface area contributed by atoms with Crippen molar-refractivity contribution < 1.29 is 24.2 Å². The van der Waals surface area contributed by atoms with Crippen molar-refractivity contribution in [2.45, 2.75) is 33.7 Å². The van der Waals surface area contributed by atoms with Gasteiger partial charge in [-0.05, 0) is 87.4 Å². The third kappa shape index (κ3) is 5.02. The van der Waals surface area contributed by atoms with Crippen molar-refractivity contribution in [1.82, 2.24) is 9.13 Å². The molecule has 41 heavy (non-hydrogen) atoms. The Hall–Kier alpha value is -4.70. The van der Waals surface area contributed by atoms with E-state index in [2.05, 4.69) is 4.99 Å². The van der Waals surface area contributed by atoms with E-state index in [0.29, 0.717) is 26.4 Å². The Bertz CT molecular complexity index is 1880. The molecule has 210 valence electrons. The third-order valence-electron chi connectivity index (χ3n) is 7.08. The van der Waals surface area contributed by atoms with Crippen LogP contribution in [0.4, 0.5) is 0 Å². The van der Waals surface area contributed by atoms with Gasteiger partial charge in [0.1, 0.15) is 5.75 Å². The highest BCUT2D eigenvalue weighted by molar-refractivity contribution is 7.07. The lowest BCUT2D eigenvalue weighted by Gasteiger charge is -2.24. The number of ether oxygens (including phenoxy) is 2. The Balaban J connectivity index is 1.65. The van der Waals surface area contributed by atoms with Crippen LogP contribution in [0.25, 0.3) is 11.8 Å². The number of thiazole rings is 1. The molecule has 0 spiro atoms. The molecule has 1 aliphatic heterocycles. The highest BCUT2D eigenvalue weighted by Crippen LogP contribution is 2.31. The van der Waals surface area contributed by atoms with Crippen LogP contribution in [0.5, 0.6) is 5.75 Å². The van der Waals surface area contributed by atoms with Gasteiger partial charge in [-0.25, -0.2) is 14.6 Å². The van der Waals surface area contributed by atoms with Gasteiger partial charge in [0.05, 0.1) is 41.1 Å². The van der Waals surface area contributed by atoms with Crippen LogP contribution in [0.15, 0.2) is 75.7 Å². The molecule has 0 radical (unpaired) electrons. The Labute approximate surface area is 239 Å². The summed E-state index contributed by atoms with van der Waals surface area (Å²) in [6.45, 7) is 7.59. The normalized spacial score (nSPS) is 15.0. The van der Waals surface area contributed by atoms with Gasteiger partial charge in [-0.15, -0.1) is 0 Å². The van der Waals surface area contributed by atoms with Gasteiger partial charge >= 0.3 is 11.9 Å². The molecule has 1 N–H and O–H groups in total. The van der Waals surface area contributed by atoms with Crippen molar-refractivity contribution in [2.75, 3.05) is 13.7 Å². The Kier molecular flexibility index (Phi) is 7.51. The molecule has 1 aliphatic rings. The van der Waals surface area contributed by atoms with Gasteiger partial charge in [0, 0.05) is 17.1 Å². The number of hydrogen-bond acceptors (Lipinski definition) is 7. The average Bonchev–Trinajstić information content (AvgIpc) is 3.41. The fraction of sp³-hybridized carbons (Fsp3) is 0.226. The van der Waals surface area contributed by atoms with E-state index in [1.165, 1.54) is 11.3 Å². The zero-order chi connectivity index (χ0) is 29.4. The zero-order valence-electron chi connectivity index (χ0n) is 23.3. The second-order valence-corrected chi connectivity index (χ2v) is 10.6. The topological polar surface area (TPSA) is 112 Å². The minimum atomic E-state index is -0.983. The first-order valence-electron chi connectivity index (χ1n) is 13.0. The zero-order valence-corrected chi connectivity index (χ0v) is 24.1. The number of allylic oxidation sites excluding steroid dienone is 1. The van der Waals surface area contributed by atoms with Crippen LogP contribution in [0.1, 0.15) is 52.8 Å². The molecule has 2 aromatic heterocycles. The number of rotatable bonds is 7. The van der Waals surface area contributed by atoms with Crippen LogP contribution >= 0.6 is 11.3 Å². The van der Waals surface area contributed by atoms with Gasteiger partial charge in [-0.1, -0.05) is 23.5 Å². The summed E-state index contributed by atoms with van der Waals surface area (Å²) in [5, 5.41) is 9.24. The number of carbonyl (C=O) groups is 2. The van der Waals surface area contributed by atoms with E-state index in [0.717, 1.165) is 28.2 Å². The first-order valence-corrected chi connectivity index (χ1v) is 13.8. The number of esters is 1. The number of methoxy groups -OCH3 is 1. The number of aromatic nitrogens is 2. The standard InChI is InChI=1S/C31H29N3O6S/c1-6-40-30(38)26-18(3)32-31-34(27(26)20-9-13-24(39-5)14-10-20)28(35)25(41-31)16-22-15-17(2)33(19(22)4)23-11-7-21(8-12-23)29(36)37/h7-16,27H,6H2,1-5H3,(H,36,37). The summed E-state index contributed by atoms with van der Waals surface area (Å²) >= 11 is 1.26. The lowest BCUT2D eigenvalue weighted by molar-refractivity contribution is -0.139. The monoisotopic (exact) mass is 571 g/mol. The maximum absolute atomic E-state index is 14.0. The van der Waals surface area contributed by atoms with Crippen molar-refractivity contribution in [3.8, 4) is 11.4 Å². The van der Waals surface area contributed by atoms with Crippen molar-refractivity contribution in [3.63, 3.8) is 0 Å². The molecular weight excluding hydrogens is 542 g/mol. The van der Waals surface area contributed by atoms with Crippen LogP contribution < -0.4 is 19.6 Å². The summed E-state index contributed by atoms with van der Waals surface area (Å²) in [4.78, 5) is 43.5. The number of aromatic carboxylic acids is 1. The predicted molar refractivity (Wildman–Crippen MR) is 156 cm³/mol. The lowest BCUT2D eigenvalue weighted by Crippen LogP contribution is -2.39. The third-order valence-corrected chi connectivity index (χ3v) is 8.06. The minimum Gasteiger partial charge on any atom is -0.497 e. The Morgan fingerprint density at radius 1 is 1.07 bits per heavy atom.